The maximum Gasteiger partial charge on any atom is 0.263 e. The summed E-state index contributed by atoms with van der Waals surface area (Å²) < 4.78 is 21.8. The molecule has 2 heterocycles. The van der Waals surface area contributed by atoms with E-state index < -0.39 is 0 Å². The first-order valence-electron chi connectivity index (χ1n) is 9.19. The molecule has 0 bridgehead atoms. The molecule has 8 heteroatoms. The van der Waals surface area contributed by atoms with Crippen molar-refractivity contribution in [3.63, 3.8) is 0 Å². The molecule has 0 saturated carbocycles. The van der Waals surface area contributed by atoms with Gasteiger partial charge in [0.25, 0.3) is 5.56 Å². The quantitative estimate of drug-likeness (QED) is 0.358. The third-order valence-corrected chi connectivity index (χ3v) is 7.63. The lowest BCUT2D eigenvalue weighted by atomic mass is 9.97. The fourth-order valence-corrected chi connectivity index (χ4v) is 6.14. The summed E-state index contributed by atoms with van der Waals surface area (Å²) >= 11 is 6.31. The van der Waals surface area contributed by atoms with Crippen molar-refractivity contribution < 1.29 is 9.13 Å². The highest BCUT2D eigenvalue weighted by atomic mass is 79.9. The maximum atomic E-state index is 14.2. The van der Waals surface area contributed by atoms with Crippen LogP contribution < -0.4 is 5.56 Å². The van der Waals surface area contributed by atoms with E-state index >= 15 is 0 Å². The van der Waals surface area contributed by atoms with Gasteiger partial charge in [0.15, 0.2) is 5.16 Å². The summed E-state index contributed by atoms with van der Waals surface area (Å²) in [7, 11) is 1.62. The summed E-state index contributed by atoms with van der Waals surface area (Å²) in [6.07, 6.45) is 4.27. The Hall–Kier alpha value is -1.22. The fraction of sp³-hybridized carbons (Fsp3) is 0.400. The number of thiophene rings is 1. The topological polar surface area (TPSA) is 44.1 Å². The lowest BCUT2D eigenvalue weighted by Crippen LogP contribution is -2.25. The first-order chi connectivity index (χ1) is 13.6. The Labute approximate surface area is 179 Å². The van der Waals surface area contributed by atoms with Crippen LogP contribution in [-0.2, 0) is 29.9 Å². The van der Waals surface area contributed by atoms with Crippen LogP contribution in [0.3, 0.4) is 0 Å². The minimum Gasteiger partial charge on any atom is -0.383 e. The molecule has 0 saturated heterocycles. The SMILES string of the molecule is COCCn1c(SCc2ccc(Br)cc2F)nc2sc3c(c2c1=O)CCCC3. The van der Waals surface area contributed by atoms with E-state index in [4.69, 9.17) is 9.72 Å². The number of hydrogen-bond donors (Lipinski definition) is 0. The standard InChI is InChI=1S/C20H20BrFN2O2S2/c1-26-9-8-24-19(25)17-14-4-2-3-5-16(14)28-18(17)23-20(24)27-11-12-6-7-13(21)10-15(12)22/h6-7,10H,2-5,8-9,11H2,1H3. The van der Waals surface area contributed by atoms with E-state index in [1.165, 1.54) is 34.7 Å². The van der Waals surface area contributed by atoms with Gasteiger partial charge in [-0.05, 0) is 48.9 Å². The molecule has 1 aliphatic rings. The van der Waals surface area contributed by atoms with E-state index in [1.807, 2.05) is 6.07 Å². The predicted octanol–water partition coefficient (Wildman–Crippen LogP) is 5.18. The molecule has 0 unspecified atom stereocenters. The van der Waals surface area contributed by atoms with Gasteiger partial charge in [0.2, 0.25) is 0 Å². The normalized spacial score (nSPS) is 13.8. The smallest absolute Gasteiger partial charge is 0.263 e. The number of nitrogens with zero attached hydrogens (tertiary/aromatic N) is 2. The van der Waals surface area contributed by atoms with Crippen molar-refractivity contribution in [2.24, 2.45) is 0 Å². The largest absolute Gasteiger partial charge is 0.383 e. The van der Waals surface area contributed by atoms with Crippen molar-refractivity contribution in [3.8, 4) is 0 Å². The Morgan fingerprint density at radius 3 is 2.96 bits per heavy atom. The predicted molar refractivity (Wildman–Crippen MR) is 116 cm³/mol. The number of ether oxygens (including phenoxy) is 1. The van der Waals surface area contributed by atoms with Gasteiger partial charge in [0.1, 0.15) is 10.6 Å². The summed E-state index contributed by atoms with van der Waals surface area (Å²) in [5, 5.41) is 1.39. The van der Waals surface area contributed by atoms with Crippen molar-refractivity contribution in [1.82, 2.24) is 9.55 Å². The Bertz CT molecular complexity index is 1080. The molecule has 148 valence electrons. The molecular formula is C20H20BrFN2O2S2. The van der Waals surface area contributed by atoms with E-state index in [2.05, 4.69) is 15.9 Å². The lowest BCUT2D eigenvalue weighted by Gasteiger charge is -2.13. The Kier molecular flexibility index (Phi) is 6.20. The van der Waals surface area contributed by atoms with Crippen LogP contribution in [-0.4, -0.2) is 23.3 Å². The van der Waals surface area contributed by atoms with Crippen LogP contribution in [0.4, 0.5) is 4.39 Å². The minimum atomic E-state index is -0.264. The third-order valence-electron chi connectivity index (χ3n) is 4.93. The molecule has 0 amide bonds. The molecule has 0 radical (unpaired) electrons. The Balaban J connectivity index is 1.74. The summed E-state index contributed by atoms with van der Waals surface area (Å²) in [5.74, 6) is 0.148. The van der Waals surface area contributed by atoms with Crippen LogP contribution in [0.15, 0.2) is 32.6 Å². The van der Waals surface area contributed by atoms with E-state index in [1.54, 1.807) is 29.1 Å². The van der Waals surface area contributed by atoms with Crippen molar-refractivity contribution in [2.45, 2.75) is 43.1 Å². The molecule has 3 aromatic rings. The van der Waals surface area contributed by atoms with Crippen LogP contribution in [0.5, 0.6) is 0 Å². The molecular weight excluding hydrogens is 463 g/mol. The first kappa shape index (κ1) is 20.1. The summed E-state index contributed by atoms with van der Waals surface area (Å²) in [6, 6.07) is 5.03. The van der Waals surface area contributed by atoms with Crippen LogP contribution in [0, 0.1) is 5.82 Å². The molecule has 4 nitrogen and oxygen atoms in total. The zero-order valence-electron chi connectivity index (χ0n) is 15.5. The molecule has 0 fully saturated rings. The van der Waals surface area contributed by atoms with Gasteiger partial charge in [0, 0.05) is 22.2 Å². The van der Waals surface area contributed by atoms with E-state index in [0.29, 0.717) is 34.1 Å². The maximum absolute atomic E-state index is 14.2. The molecule has 28 heavy (non-hydrogen) atoms. The lowest BCUT2D eigenvalue weighted by molar-refractivity contribution is 0.183. The number of aromatic nitrogens is 2. The zero-order valence-corrected chi connectivity index (χ0v) is 18.7. The third kappa shape index (κ3) is 3.92. The average molecular weight is 483 g/mol. The van der Waals surface area contributed by atoms with E-state index in [0.717, 1.165) is 29.5 Å². The molecule has 4 rings (SSSR count). The number of rotatable bonds is 6. The zero-order chi connectivity index (χ0) is 19.7. The van der Waals surface area contributed by atoms with Crippen LogP contribution in [0.2, 0.25) is 0 Å². The average Bonchev–Trinajstić information content (AvgIpc) is 3.05. The van der Waals surface area contributed by atoms with Gasteiger partial charge in [0.05, 0.1) is 18.5 Å². The van der Waals surface area contributed by atoms with E-state index in [9.17, 15) is 9.18 Å². The van der Waals surface area contributed by atoms with Crippen molar-refractivity contribution in [1.29, 1.82) is 0 Å². The molecule has 0 atom stereocenters. The summed E-state index contributed by atoms with van der Waals surface area (Å²) in [4.78, 5) is 20.2. The number of benzene rings is 1. The van der Waals surface area contributed by atoms with Gasteiger partial charge in [-0.15, -0.1) is 11.3 Å². The second-order valence-electron chi connectivity index (χ2n) is 6.76. The van der Waals surface area contributed by atoms with Crippen LogP contribution in [0.1, 0.15) is 28.8 Å². The van der Waals surface area contributed by atoms with Crippen molar-refractivity contribution in [2.75, 3.05) is 13.7 Å². The number of aryl methyl sites for hydroxylation is 2. The van der Waals surface area contributed by atoms with Gasteiger partial charge in [-0.1, -0.05) is 33.8 Å². The number of halogens is 2. The molecule has 1 aliphatic carbocycles. The van der Waals surface area contributed by atoms with E-state index in [-0.39, 0.29) is 11.4 Å². The Morgan fingerprint density at radius 2 is 2.18 bits per heavy atom. The van der Waals surface area contributed by atoms with Gasteiger partial charge < -0.3 is 4.74 Å². The molecule has 0 N–H and O–H groups in total. The number of fused-ring (bicyclic) bond motifs is 3. The van der Waals surface area contributed by atoms with Crippen LogP contribution >= 0.6 is 39.0 Å². The van der Waals surface area contributed by atoms with Crippen molar-refractivity contribution >= 4 is 49.2 Å². The highest BCUT2D eigenvalue weighted by Crippen LogP contribution is 2.35. The van der Waals surface area contributed by atoms with Crippen molar-refractivity contribution in [3.05, 3.63) is 54.8 Å². The summed E-state index contributed by atoms with van der Waals surface area (Å²) in [6.45, 7) is 0.869. The van der Waals surface area contributed by atoms with Gasteiger partial charge in [-0.3, -0.25) is 9.36 Å². The molecule has 0 aliphatic heterocycles. The van der Waals surface area contributed by atoms with Gasteiger partial charge >= 0.3 is 0 Å². The molecule has 2 aromatic heterocycles. The monoisotopic (exact) mass is 482 g/mol. The number of hydrogen-bond acceptors (Lipinski definition) is 5. The van der Waals surface area contributed by atoms with Gasteiger partial charge in [-0.2, -0.15) is 0 Å². The highest BCUT2D eigenvalue weighted by molar-refractivity contribution is 9.10. The molecule has 1 aromatic carbocycles. The van der Waals surface area contributed by atoms with Gasteiger partial charge in [-0.25, -0.2) is 9.37 Å². The Morgan fingerprint density at radius 1 is 1.36 bits per heavy atom. The number of methoxy groups -OCH3 is 1. The molecule has 0 spiro atoms. The number of thioether (sulfide) groups is 1. The summed E-state index contributed by atoms with van der Waals surface area (Å²) in [5.41, 5.74) is 1.77. The van der Waals surface area contributed by atoms with Crippen LogP contribution in [0.25, 0.3) is 10.2 Å². The first-order valence-corrected chi connectivity index (χ1v) is 11.8. The second-order valence-corrected chi connectivity index (χ2v) is 9.70. The highest BCUT2D eigenvalue weighted by Gasteiger charge is 2.22. The fourth-order valence-electron chi connectivity index (χ4n) is 3.49. The minimum absolute atomic E-state index is 0.000211. The second kappa shape index (κ2) is 8.65.